The largest absolute Gasteiger partial charge is 0.486 e. The van der Waals surface area contributed by atoms with Gasteiger partial charge >= 0.3 is 0 Å². The maximum Gasteiger partial charge on any atom is 0.161 e. The van der Waals surface area contributed by atoms with Crippen LogP contribution in [0.4, 0.5) is 0 Å². The summed E-state index contributed by atoms with van der Waals surface area (Å²) in [5.74, 6) is 1.31. The Hall–Kier alpha value is -2.84. The molecule has 27 heavy (non-hydrogen) atoms. The molecule has 2 aromatic rings. The van der Waals surface area contributed by atoms with E-state index in [-0.39, 0.29) is 24.4 Å². The third-order valence-corrected chi connectivity index (χ3v) is 4.96. The minimum absolute atomic E-state index is 0.0908. The predicted molar refractivity (Wildman–Crippen MR) is 102 cm³/mol. The number of nitriles is 1. The van der Waals surface area contributed by atoms with Crippen LogP contribution in [0.25, 0.3) is 11.1 Å². The molecule has 1 heterocycles. The molecule has 1 unspecified atom stereocenters. The average Bonchev–Trinajstić information content (AvgIpc) is 2.70. The number of nitrogens with zero attached hydrogens (tertiary/aromatic N) is 1. The molecule has 0 spiro atoms. The van der Waals surface area contributed by atoms with Gasteiger partial charge in [-0.25, -0.2) is 0 Å². The van der Waals surface area contributed by atoms with Crippen molar-refractivity contribution in [1.82, 2.24) is 0 Å². The number of hydrogen-bond acceptors (Lipinski definition) is 5. The van der Waals surface area contributed by atoms with Crippen molar-refractivity contribution >= 4 is 5.78 Å². The molecule has 0 bridgehead atoms. The molecule has 140 valence electrons. The summed E-state index contributed by atoms with van der Waals surface area (Å²) >= 11 is 0. The molecule has 0 aromatic heterocycles. The highest BCUT2D eigenvalue weighted by Gasteiger charge is 2.19. The molecule has 0 saturated carbocycles. The van der Waals surface area contributed by atoms with Crippen LogP contribution in [0.2, 0.25) is 0 Å². The molecule has 2 atom stereocenters. The third kappa shape index (κ3) is 4.12. The second kappa shape index (κ2) is 8.24. The fourth-order valence-corrected chi connectivity index (χ4v) is 3.00. The van der Waals surface area contributed by atoms with Gasteiger partial charge in [0.1, 0.15) is 25.1 Å². The number of benzene rings is 2. The minimum Gasteiger partial charge on any atom is -0.486 e. The van der Waals surface area contributed by atoms with Gasteiger partial charge < -0.3 is 14.2 Å². The molecule has 0 fully saturated rings. The van der Waals surface area contributed by atoms with Crippen LogP contribution in [0, 0.1) is 17.2 Å². The van der Waals surface area contributed by atoms with E-state index in [0.717, 1.165) is 22.4 Å². The van der Waals surface area contributed by atoms with Crippen LogP contribution in [0.5, 0.6) is 11.5 Å². The average molecular weight is 365 g/mol. The standard InChI is InChI=1S/C22H23NO4/c1-14(15(2)24)16(3)27-13-18-5-4-6-19(20(18)12-23)17-7-8-21-22(11-17)26-10-9-25-21/h4-8,11,14,16H,9-10,13H2,1-3H3/t14-,16?/m1/s1. The van der Waals surface area contributed by atoms with Crippen molar-refractivity contribution in [3.63, 3.8) is 0 Å². The zero-order valence-corrected chi connectivity index (χ0v) is 15.8. The second-order valence-corrected chi connectivity index (χ2v) is 6.73. The SMILES string of the molecule is CC(=O)[C@@H](C)C(C)OCc1cccc(-c2ccc3c(c2)OCCO3)c1C#N. The Bertz CT molecular complexity index is 884. The fraction of sp³-hybridized carbons (Fsp3) is 0.364. The number of carbonyl (C=O) groups is 1. The van der Waals surface area contributed by atoms with Crippen molar-refractivity contribution in [3.8, 4) is 28.7 Å². The van der Waals surface area contributed by atoms with Crippen LogP contribution in [0.3, 0.4) is 0 Å². The molecule has 5 nitrogen and oxygen atoms in total. The smallest absolute Gasteiger partial charge is 0.161 e. The number of rotatable bonds is 6. The van der Waals surface area contributed by atoms with Gasteiger partial charge in [-0.05, 0) is 42.7 Å². The van der Waals surface area contributed by atoms with Crippen molar-refractivity contribution in [2.24, 2.45) is 5.92 Å². The summed E-state index contributed by atoms with van der Waals surface area (Å²) in [7, 11) is 0. The molecule has 0 radical (unpaired) electrons. The topological polar surface area (TPSA) is 68.6 Å². The van der Waals surface area contributed by atoms with E-state index in [1.165, 1.54) is 0 Å². The van der Waals surface area contributed by atoms with Crippen molar-refractivity contribution in [1.29, 1.82) is 5.26 Å². The Morgan fingerprint density at radius 3 is 2.63 bits per heavy atom. The van der Waals surface area contributed by atoms with Crippen LogP contribution >= 0.6 is 0 Å². The second-order valence-electron chi connectivity index (χ2n) is 6.73. The summed E-state index contributed by atoms with van der Waals surface area (Å²) in [6, 6.07) is 13.7. The molecule has 0 aliphatic carbocycles. The van der Waals surface area contributed by atoms with E-state index in [1.54, 1.807) is 6.92 Å². The van der Waals surface area contributed by atoms with Crippen LogP contribution in [0.15, 0.2) is 36.4 Å². The number of hydrogen-bond donors (Lipinski definition) is 0. The van der Waals surface area contributed by atoms with Crippen molar-refractivity contribution in [2.75, 3.05) is 13.2 Å². The lowest BCUT2D eigenvalue weighted by molar-refractivity contribution is -0.125. The van der Waals surface area contributed by atoms with Crippen LogP contribution in [-0.2, 0) is 16.1 Å². The van der Waals surface area contributed by atoms with Crippen molar-refractivity contribution in [3.05, 3.63) is 47.5 Å². The summed E-state index contributed by atoms with van der Waals surface area (Å²) in [4.78, 5) is 11.5. The normalized spacial score (nSPS) is 14.9. The lowest BCUT2D eigenvalue weighted by atomic mass is 9.96. The number of ketones is 1. The Balaban J connectivity index is 1.87. The molecule has 3 rings (SSSR count). The Kier molecular flexibility index (Phi) is 5.78. The summed E-state index contributed by atoms with van der Waals surface area (Å²) < 4.78 is 17.1. The maximum atomic E-state index is 11.5. The van der Waals surface area contributed by atoms with E-state index in [1.807, 2.05) is 50.2 Å². The molecule has 5 heteroatoms. The molecule has 1 aliphatic rings. The summed E-state index contributed by atoms with van der Waals surface area (Å²) in [6.07, 6.45) is -0.216. The van der Waals surface area contributed by atoms with E-state index in [4.69, 9.17) is 14.2 Å². The zero-order chi connectivity index (χ0) is 19.4. The third-order valence-electron chi connectivity index (χ3n) is 4.96. The van der Waals surface area contributed by atoms with Crippen LogP contribution in [-0.4, -0.2) is 25.1 Å². The van der Waals surface area contributed by atoms with Gasteiger partial charge in [-0.1, -0.05) is 31.2 Å². The van der Waals surface area contributed by atoms with E-state index < -0.39 is 0 Å². The Morgan fingerprint density at radius 2 is 1.93 bits per heavy atom. The maximum absolute atomic E-state index is 11.5. The Morgan fingerprint density at radius 1 is 1.19 bits per heavy atom. The molecule has 0 amide bonds. The number of fused-ring (bicyclic) bond motifs is 1. The predicted octanol–water partition coefficient (Wildman–Crippen LogP) is 4.13. The zero-order valence-electron chi connectivity index (χ0n) is 15.8. The molecular weight excluding hydrogens is 342 g/mol. The van der Waals surface area contributed by atoms with E-state index in [2.05, 4.69) is 6.07 Å². The van der Waals surface area contributed by atoms with Gasteiger partial charge in [-0.3, -0.25) is 4.79 Å². The first kappa shape index (κ1) is 18.9. The highest BCUT2D eigenvalue weighted by atomic mass is 16.6. The van der Waals surface area contributed by atoms with Gasteiger partial charge in [0, 0.05) is 5.92 Å². The lowest BCUT2D eigenvalue weighted by Crippen LogP contribution is -2.24. The monoisotopic (exact) mass is 365 g/mol. The molecule has 0 saturated heterocycles. The first-order valence-corrected chi connectivity index (χ1v) is 9.05. The molecular formula is C22H23NO4. The summed E-state index contributed by atoms with van der Waals surface area (Å²) in [5, 5.41) is 9.75. The molecule has 2 aromatic carbocycles. The van der Waals surface area contributed by atoms with E-state index in [9.17, 15) is 10.1 Å². The fourth-order valence-electron chi connectivity index (χ4n) is 3.00. The van der Waals surface area contributed by atoms with Gasteiger partial charge in [-0.15, -0.1) is 0 Å². The van der Waals surface area contributed by atoms with Crippen molar-refractivity contribution < 1.29 is 19.0 Å². The minimum atomic E-state index is -0.216. The van der Waals surface area contributed by atoms with E-state index >= 15 is 0 Å². The van der Waals surface area contributed by atoms with Crippen LogP contribution in [0.1, 0.15) is 31.9 Å². The molecule has 0 N–H and O–H groups in total. The highest BCUT2D eigenvalue weighted by molar-refractivity contribution is 5.78. The molecule has 1 aliphatic heterocycles. The van der Waals surface area contributed by atoms with Gasteiger partial charge in [0.2, 0.25) is 0 Å². The Labute approximate surface area is 159 Å². The first-order chi connectivity index (χ1) is 13.0. The van der Waals surface area contributed by atoms with Gasteiger partial charge in [0.15, 0.2) is 11.5 Å². The van der Waals surface area contributed by atoms with E-state index in [0.29, 0.717) is 24.5 Å². The number of carbonyl (C=O) groups excluding carboxylic acids is 1. The highest BCUT2D eigenvalue weighted by Crippen LogP contribution is 2.36. The first-order valence-electron chi connectivity index (χ1n) is 9.05. The number of Topliss-reactive ketones (excluding diaryl/α,β-unsaturated/α-hetero) is 1. The summed E-state index contributed by atoms with van der Waals surface area (Å²) in [6.45, 7) is 6.63. The van der Waals surface area contributed by atoms with Crippen molar-refractivity contribution in [2.45, 2.75) is 33.5 Å². The quantitative estimate of drug-likeness (QED) is 0.770. The lowest BCUT2D eigenvalue weighted by Gasteiger charge is -2.20. The van der Waals surface area contributed by atoms with Gasteiger partial charge in [-0.2, -0.15) is 5.26 Å². The summed E-state index contributed by atoms with van der Waals surface area (Å²) in [5.41, 5.74) is 3.08. The van der Waals surface area contributed by atoms with Gasteiger partial charge in [0.05, 0.1) is 18.3 Å². The number of ether oxygens (including phenoxy) is 3. The van der Waals surface area contributed by atoms with Crippen LogP contribution < -0.4 is 9.47 Å². The van der Waals surface area contributed by atoms with Gasteiger partial charge in [0.25, 0.3) is 0 Å².